The maximum Gasteiger partial charge on any atom is 0.331 e. The molecule has 0 aliphatic heterocycles. The lowest BCUT2D eigenvalue weighted by Crippen LogP contribution is -2.50. The number of nitrogens with zero attached hydrogens (tertiary/aromatic N) is 1. The summed E-state index contributed by atoms with van der Waals surface area (Å²) < 4.78 is 12.6. The van der Waals surface area contributed by atoms with Crippen molar-refractivity contribution in [2.75, 3.05) is 0 Å². The van der Waals surface area contributed by atoms with Crippen molar-refractivity contribution in [2.45, 2.75) is 59.7 Å². The molecule has 162 valence electrons. The number of hydrogen-bond donors (Lipinski definition) is 2. The second-order valence-electron chi connectivity index (χ2n) is 8.10. The molecule has 0 bridgehead atoms. The van der Waals surface area contributed by atoms with E-state index >= 15 is 0 Å². The summed E-state index contributed by atoms with van der Waals surface area (Å²) >= 11 is 0. The van der Waals surface area contributed by atoms with Crippen molar-refractivity contribution in [3.8, 4) is 0 Å². The molecule has 2 aromatic rings. The minimum Gasteiger partial charge on any atom is -0.467 e. The van der Waals surface area contributed by atoms with E-state index in [0.717, 1.165) is 22.7 Å². The molecular formula is C22H29N3O5. The molecule has 0 aliphatic carbocycles. The van der Waals surface area contributed by atoms with Gasteiger partial charge in [-0.2, -0.15) is 0 Å². The number of esters is 1. The van der Waals surface area contributed by atoms with Crippen LogP contribution in [0.5, 0.6) is 0 Å². The summed E-state index contributed by atoms with van der Waals surface area (Å²) in [5, 5.41) is 4.75. The first kappa shape index (κ1) is 23.0. The number of imide groups is 1. The number of nitrogens with one attached hydrogen (secondary N) is 2. The molecule has 30 heavy (non-hydrogen) atoms. The fourth-order valence-corrected chi connectivity index (χ4v) is 2.81. The van der Waals surface area contributed by atoms with E-state index in [2.05, 4.69) is 15.2 Å². The summed E-state index contributed by atoms with van der Waals surface area (Å²) in [4.78, 5) is 35.9. The highest BCUT2D eigenvalue weighted by Crippen LogP contribution is 2.18. The zero-order valence-corrected chi connectivity index (χ0v) is 18.2. The van der Waals surface area contributed by atoms with Gasteiger partial charge in [0.25, 0.3) is 5.91 Å². The average Bonchev–Trinajstić information content (AvgIpc) is 3.22. The molecule has 0 aliphatic rings. The number of urea groups is 1. The van der Waals surface area contributed by atoms with Crippen LogP contribution < -0.4 is 10.6 Å². The zero-order chi connectivity index (χ0) is 22.5. The van der Waals surface area contributed by atoms with E-state index in [9.17, 15) is 14.4 Å². The molecule has 0 radical (unpaired) electrons. The van der Waals surface area contributed by atoms with Crippen molar-refractivity contribution in [1.29, 1.82) is 0 Å². The second kappa shape index (κ2) is 9.47. The van der Waals surface area contributed by atoms with Crippen LogP contribution in [0, 0.1) is 13.8 Å². The molecule has 2 aromatic heterocycles. The number of carbonyl (C=O) groups excluding carboxylic acids is 3. The summed E-state index contributed by atoms with van der Waals surface area (Å²) in [6.07, 6.45) is 3.42. The monoisotopic (exact) mass is 415 g/mol. The van der Waals surface area contributed by atoms with Crippen molar-refractivity contribution in [1.82, 2.24) is 15.2 Å². The Kier molecular flexibility index (Phi) is 7.26. The topological polar surface area (TPSA) is 103 Å². The van der Waals surface area contributed by atoms with Gasteiger partial charge >= 0.3 is 12.0 Å². The smallest absolute Gasteiger partial charge is 0.331 e. The number of furan rings is 1. The Hall–Kier alpha value is -3.29. The highest BCUT2D eigenvalue weighted by molar-refractivity contribution is 5.98. The molecule has 2 rings (SSSR count). The molecular weight excluding hydrogens is 386 g/mol. The van der Waals surface area contributed by atoms with E-state index in [-0.39, 0.29) is 0 Å². The molecule has 8 nitrogen and oxygen atoms in total. The van der Waals surface area contributed by atoms with Crippen molar-refractivity contribution in [2.24, 2.45) is 0 Å². The van der Waals surface area contributed by atoms with Gasteiger partial charge in [0.2, 0.25) is 0 Å². The lowest BCUT2D eigenvalue weighted by Gasteiger charge is -2.21. The minimum atomic E-state index is -1.11. The van der Waals surface area contributed by atoms with Gasteiger partial charge in [-0.3, -0.25) is 10.1 Å². The van der Waals surface area contributed by atoms with Gasteiger partial charge in [0.15, 0.2) is 6.10 Å². The maximum atomic E-state index is 12.1. The second-order valence-corrected chi connectivity index (χ2v) is 8.10. The fraction of sp³-hybridized carbons (Fsp3) is 0.409. The largest absolute Gasteiger partial charge is 0.467 e. The van der Waals surface area contributed by atoms with Crippen LogP contribution >= 0.6 is 0 Å². The average molecular weight is 415 g/mol. The molecule has 2 N–H and O–H groups in total. The quantitative estimate of drug-likeness (QED) is 0.557. The van der Waals surface area contributed by atoms with Crippen LogP contribution in [0.25, 0.3) is 6.08 Å². The van der Waals surface area contributed by atoms with Crippen molar-refractivity contribution in [3.63, 3.8) is 0 Å². The van der Waals surface area contributed by atoms with Crippen LogP contribution in [-0.4, -0.2) is 34.1 Å². The molecule has 0 saturated heterocycles. The summed E-state index contributed by atoms with van der Waals surface area (Å²) in [5.41, 5.74) is 2.36. The summed E-state index contributed by atoms with van der Waals surface area (Å²) in [7, 11) is 0. The van der Waals surface area contributed by atoms with Gasteiger partial charge in [-0.1, -0.05) is 0 Å². The first-order valence-corrected chi connectivity index (χ1v) is 9.67. The Bertz CT molecular complexity index is 933. The highest BCUT2D eigenvalue weighted by Gasteiger charge is 2.21. The number of aromatic nitrogens is 1. The van der Waals surface area contributed by atoms with E-state index in [1.165, 1.54) is 13.0 Å². The van der Waals surface area contributed by atoms with E-state index in [1.807, 2.05) is 32.0 Å². The number of amides is 3. The number of hydrogen-bond acceptors (Lipinski definition) is 5. The van der Waals surface area contributed by atoms with Gasteiger partial charge in [0.1, 0.15) is 5.76 Å². The Balaban J connectivity index is 1.94. The lowest BCUT2D eigenvalue weighted by molar-refractivity contribution is -0.149. The fourth-order valence-electron chi connectivity index (χ4n) is 2.81. The molecule has 8 heteroatoms. The van der Waals surface area contributed by atoms with Gasteiger partial charge in [0.05, 0.1) is 12.8 Å². The first-order valence-electron chi connectivity index (χ1n) is 9.67. The maximum absolute atomic E-state index is 12.1. The van der Waals surface area contributed by atoms with Gasteiger partial charge in [-0.15, -0.1) is 0 Å². The van der Waals surface area contributed by atoms with Gasteiger partial charge in [-0.05, 0) is 71.4 Å². The van der Waals surface area contributed by atoms with Gasteiger partial charge in [-0.25, -0.2) is 9.59 Å². The predicted molar refractivity (Wildman–Crippen MR) is 113 cm³/mol. The molecule has 1 atom stereocenters. The van der Waals surface area contributed by atoms with Gasteiger partial charge in [0, 0.05) is 23.0 Å². The number of rotatable bonds is 6. The molecule has 0 aromatic carbocycles. The Labute approximate surface area is 176 Å². The number of ether oxygens (including phenoxy) is 1. The van der Waals surface area contributed by atoms with Crippen LogP contribution in [0.15, 0.2) is 35.0 Å². The molecule has 0 fully saturated rings. The lowest BCUT2D eigenvalue weighted by atomic mass is 10.1. The summed E-state index contributed by atoms with van der Waals surface area (Å²) in [6.45, 7) is 11.3. The molecule has 0 unspecified atom stereocenters. The third-order valence-corrected chi connectivity index (χ3v) is 4.29. The van der Waals surface area contributed by atoms with Crippen LogP contribution in [0.4, 0.5) is 4.79 Å². The third kappa shape index (κ3) is 6.65. The normalized spacial score (nSPS) is 12.6. The van der Waals surface area contributed by atoms with Crippen molar-refractivity contribution in [3.05, 3.63) is 53.2 Å². The molecule has 0 spiro atoms. The van der Waals surface area contributed by atoms with Crippen LogP contribution in [0.1, 0.15) is 50.4 Å². The van der Waals surface area contributed by atoms with Crippen LogP contribution in [0.2, 0.25) is 0 Å². The summed E-state index contributed by atoms with van der Waals surface area (Å²) in [5.74, 6) is -0.540. The van der Waals surface area contributed by atoms with E-state index < -0.39 is 29.6 Å². The zero-order valence-electron chi connectivity index (χ0n) is 18.2. The molecule has 3 amide bonds. The Morgan fingerprint density at radius 2 is 1.97 bits per heavy atom. The standard InChI is InChI=1S/C22H29N3O5/c1-14-12-17(15(2)25(14)13-18-8-7-11-29-18)9-10-19(26)30-16(3)20(27)23-21(28)24-22(4,5)6/h7-12,16H,13H2,1-6H3,(H2,23,24,27,28)/b10-9+/t16-/m1/s1. The van der Waals surface area contributed by atoms with E-state index in [4.69, 9.17) is 9.15 Å². The summed E-state index contributed by atoms with van der Waals surface area (Å²) in [6, 6.07) is 5.05. The Morgan fingerprint density at radius 3 is 2.57 bits per heavy atom. The molecule has 0 saturated carbocycles. The van der Waals surface area contributed by atoms with Crippen molar-refractivity contribution >= 4 is 24.0 Å². The van der Waals surface area contributed by atoms with Crippen LogP contribution in [-0.2, 0) is 20.9 Å². The highest BCUT2D eigenvalue weighted by atomic mass is 16.5. The third-order valence-electron chi connectivity index (χ3n) is 4.29. The first-order chi connectivity index (χ1) is 14.0. The predicted octanol–water partition coefficient (Wildman–Crippen LogP) is 3.32. The number of carbonyl (C=O) groups is 3. The minimum absolute atomic E-state index is 0.490. The van der Waals surface area contributed by atoms with Crippen molar-refractivity contribution < 1.29 is 23.5 Å². The van der Waals surface area contributed by atoms with E-state index in [0.29, 0.717) is 6.54 Å². The van der Waals surface area contributed by atoms with Gasteiger partial charge < -0.3 is 19.0 Å². The number of aryl methyl sites for hydroxylation is 1. The van der Waals surface area contributed by atoms with Crippen LogP contribution in [0.3, 0.4) is 0 Å². The molecule has 2 heterocycles. The van der Waals surface area contributed by atoms with E-state index in [1.54, 1.807) is 33.1 Å². The SMILES string of the molecule is Cc1cc(/C=C/C(=O)O[C@H](C)C(=O)NC(=O)NC(C)(C)C)c(C)n1Cc1ccco1. The Morgan fingerprint density at radius 1 is 1.27 bits per heavy atom.